The van der Waals surface area contributed by atoms with E-state index in [0.29, 0.717) is 5.92 Å². The Labute approximate surface area is 102 Å². The zero-order valence-corrected chi connectivity index (χ0v) is 10.5. The van der Waals surface area contributed by atoms with Crippen molar-refractivity contribution >= 4 is 0 Å². The second-order valence-electron chi connectivity index (χ2n) is 4.70. The van der Waals surface area contributed by atoms with Gasteiger partial charge in [-0.2, -0.15) is 0 Å². The first-order chi connectivity index (χ1) is 8.20. The molecule has 2 rings (SSSR count). The van der Waals surface area contributed by atoms with Gasteiger partial charge in [0.15, 0.2) is 0 Å². The molecule has 1 aliphatic rings. The van der Waals surface area contributed by atoms with Gasteiger partial charge in [-0.05, 0) is 48.9 Å². The molecule has 0 aliphatic carbocycles. The minimum absolute atomic E-state index is 0.396. The Bertz CT molecular complexity index is 370. The van der Waals surface area contributed by atoms with Gasteiger partial charge in [-0.3, -0.25) is 0 Å². The summed E-state index contributed by atoms with van der Waals surface area (Å²) in [6, 6.07) is 5.81. The average molecular weight is 236 g/mol. The van der Waals surface area contributed by atoms with Gasteiger partial charge in [-0.15, -0.1) is 0 Å². The first-order valence-corrected chi connectivity index (χ1v) is 6.11. The minimum atomic E-state index is -0.396. The summed E-state index contributed by atoms with van der Waals surface area (Å²) in [5.41, 5.74) is 2.08. The van der Waals surface area contributed by atoms with Gasteiger partial charge in [0.25, 0.3) is 0 Å². The second kappa shape index (κ2) is 5.52. The van der Waals surface area contributed by atoms with Gasteiger partial charge in [-0.25, -0.2) is 0 Å². The first-order valence-electron chi connectivity index (χ1n) is 6.11. The molecule has 17 heavy (non-hydrogen) atoms. The van der Waals surface area contributed by atoms with Crippen molar-refractivity contribution in [3.05, 3.63) is 29.3 Å². The fraction of sp³-hybridized carbons (Fsp3) is 0.571. The molecule has 1 N–H and O–H groups in total. The number of aryl methyl sites for hydroxylation is 1. The van der Waals surface area contributed by atoms with Gasteiger partial charge in [0.2, 0.25) is 0 Å². The van der Waals surface area contributed by atoms with E-state index in [1.807, 2.05) is 25.1 Å². The van der Waals surface area contributed by atoms with E-state index in [-0.39, 0.29) is 0 Å². The molecule has 3 nitrogen and oxygen atoms in total. The highest BCUT2D eigenvalue weighted by Crippen LogP contribution is 2.29. The summed E-state index contributed by atoms with van der Waals surface area (Å²) < 4.78 is 10.5. The Kier molecular flexibility index (Phi) is 4.02. The van der Waals surface area contributed by atoms with Crippen molar-refractivity contribution < 1.29 is 14.6 Å². The maximum absolute atomic E-state index is 10.2. The maximum Gasteiger partial charge on any atom is 0.119 e. The third-order valence-electron chi connectivity index (χ3n) is 3.42. The van der Waals surface area contributed by atoms with Gasteiger partial charge in [-0.1, -0.05) is 6.07 Å². The molecule has 94 valence electrons. The molecule has 0 aromatic heterocycles. The summed E-state index contributed by atoms with van der Waals surface area (Å²) in [5.74, 6) is 1.33. The number of aliphatic hydroxyl groups excluding tert-OH is 1. The lowest BCUT2D eigenvalue weighted by atomic mass is 9.94. The number of hydrogen-bond acceptors (Lipinski definition) is 3. The van der Waals surface area contributed by atoms with Crippen LogP contribution in [0.1, 0.15) is 30.1 Å². The fourth-order valence-electron chi connectivity index (χ4n) is 2.36. The molecule has 0 bridgehead atoms. The first kappa shape index (κ1) is 12.4. The van der Waals surface area contributed by atoms with E-state index in [1.54, 1.807) is 7.11 Å². The molecule has 0 saturated carbocycles. The van der Waals surface area contributed by atoms with Crippen molar-refractivity contribution in [3.63, 3.8) is 0 Å². The van der Waals surface area contributed by atoms with Crippen molar-refractivity contribution in [1.29, 1.82) is 0 Å². The van der Waals surface area contributed by atoms with Gasteiger partial charge < -0.3 is 14.6 Å². The van der Waals surface area contributed by atoms with Crippen LogP contribution in [0.25, 0.3) is 0 Å². The second-order valence-corrected chi connectivity index (χ2v) is 4.70. The Morgan fingerprint density at radius 3 is 2.94 bits per heavy atom. The monoisotopic (exact) mass is 236 g/mol. The molecule has 3 heteroatoms. The quantitative estimate of drug-likeness (QED) is 0.872. The van der Waals surface area contributed by atoms with Crippen molar-refractivity contribution in [2.24, 2.45) is 5.92 Å². The highest BCUT2D eigenvalue weighted by molar-refractivity contribution is 5.36. The number of rotatable bonds is 4. The molecule has 0 radical (unpaired) electrons. The lowest BCUT2D eigenvalue weighted by Crippen LogP contribution is -2.08. The number of hydrogen-bond donors (Lipinski definition) is 1. The number of methoxy groups -OCH3 is 1. The zero-order valence-electron chi connectivity index (χ0n) is 10.5. The van der Waals surface area contributed by atoms with Crippen molar-refractivity contribution in [3.8, 4) is 5.75 Å². The summed E-state index contributed by atoms with van der Waals surface area (Å²) >= 11 is 0. The molecule has 1 aliphatic heterocycles. The molecule has 2 atom stereocenters. The standard InChI is InChI=1S/C14H20O3/c1-10-7-12(16-2)3-4-13(10)14(15)8-11-5-6-17-9-11/h3-4,7,11,14-15H,5-6,8-9H2,1-2H3. The van der Waals surface area contributed by atoms with Crippen LogP contribution in [0.4, 0.5) is 0 Å². The third-order valence-corrected chi connectivity index (χ3v) is 3.42. The van der Waals surface area contributed by atoms with Crippen LogP contribution in [0.3, 0.4) is 0 Å². The summed E-state index contributed by atoms with van der Waals surface area (Å²) in [6.45, 7) is 3.62. The normalized spacial score (nSPS) is 21.5. The Morgan fingerprint density at radius 1 is 1.53 bits per heavy atom. The topological polar surface area (TPSA) is 38.7 Å². The van der Waals surface area contributed by atoms with Crippen LogP contribution in [0.2, 0.25) is 0 Å². The highest BCUT2D eigenvalue weighted by Gasteiger charge is 2.21. The predicted molar refractivity (Wildman–Crippen MR) is 66.2 cm³/mol. The van der Waals surface area contributed by atoms with Crippen LogP contribution < -0.4 is 4.74 Å². The van der Waals surface area contributed by atoms with Gasteiger partial charge in [0.05, 0.1) is 13.2 Å². The maximum atomic E-state index is 10.2. The van der Waals surface area contributed by atoms with E-state index in [1.165, 1.54) is 0 Å². The molecule has 0 spiro atoms. The van der Waals surface area contributed by atoms with Crippen LogP contribution in [0, 0.1) is 12.8 Å². The smallest absolute Gasteiger partial charge is 0.119 e. The Balaban J connectivity index is 2.04. The minimum Gasteiger partial charge on any atom is -0.497 e. The molecule has 0 amide bonds. The Hall–Kier alpha value is -1.06. The molecule has 1 fully saturated rings. The van der Waals surface area contributed by atoms with E-state index in [9.17, 15) is 5.11 Å². The molecule has 1 heterocycles. The van der Waals surface area contributed by atoms with Crippen LogP contribution in [-0.2, 0) is 4.74 Å². The van der Waals surface area contributed by atoms with Crippen LogP contribution in [0.5, 0.6) is 5.75 Å². The summed E-state index contributed by atoms with van der Waals surface area (Å²) in [7, 11) is 1.65. The third kappa shape index (κ3) is 2.99. The largest absolute Gasteiger partial charge is 0.497 e. The number of ether oxygens (including phenoxy) is 2. The lowest BCUT2D eigenvalue weighted by molar-refractivity contribution is 0.129. The van der Waals surface area contributed by atoms with E-state index in [4.69, 9.17) is 9.47 Å². The summed E-state index contributed by atoms with van der Waals surface area (Å²) in [4.78, 5) is 0. The van der Waals surface area contributed by atoms with E-state index in [0.717, 1.165) is 42.9 Å². The van der Waals surface area contributed by atoms with Crippen molar-refractivity contribution in [1.82, 2.24) is 0 Å². The molecule has 2 unspecified atom stereocenters. The number of benzene rings is 1. The molecular weight excluding hydrogens is 216 g/mol. The summed E-state index contributed by atoms with van der Waals surface area (Å²) in [6.07, 6.45) is 1.45. The average Bonchev–Trinajstić information content (AvgIpc) is 2.81. The van der Waals surface area contributed by atoms with Crippen LogP contribution >= 0.6 is 0 Å². The molecule has 1 saturated heterocycles. The van der Waals surface area contributed by atoms with Gasteiger partial charge in [0, 0.05) is 13.2 Å². The van der Waals surface area contributed by atoms with Gasteiger partial charge in [0.1, 0.15) is 5.75 Å². The van der Waals surface area contributed by atoms with Crippen LogP contribution in [0.15, 0.2) is 18.2 Å². The number of aliphatic hydroxyl groups is 1. The predicted octanol–water partition coefficient (Wildman–Crippen LogP) is 2.46. The van der Waals surface area contributed by atoms with E-state index < -0.39 is 6.10 Å². The highest BCUT2D eigenvalue weighted by atomic mass is 16.5. The fourth-order valence-corrected chi connectivity index (χ4v) is 2.36. The SMILES string of the molecule is COc1ccc(C(O)CC2CCOC2)c(C)c1. The zero-order chi connectivity index (χ0) is 12.3. The van der Waals surface area contributed by atoms with E-state index >= 15 is 0 Å². The Morgan fingerprint density at radius 2 is 2.35 bits per heavy atom. The molecule has 1 aromatic carbocycles. The molecule has 1 aromatic rings. The van der Waals surface area contributed by atoms with Crippen molar-refractivity contribution in [2.45, 2.75) is 25.9 Å². The van der Waals surface area contributed by atoms with Gasteiger partial charge >= 0.3 is 0 Å². The van der Waals surface area contributed by atoms with Crippen LogP contribution in [-0.4, -0.2) is 25.4 Å². The van der Waals surface area contributed by atoms with E-state index in [2.05, 4.69) is 0 Å². The lowest BCUT2D eigenvalue weighted by Gasteiger charge is -2.17. The van der Waals surface area contributed by atoms with Crippen molar-refractivity contribution in [2.75, 3.05) is 20.3 Å². The summed E-state index contributed by atoms with van der Waals surface area (Å²) in [5, 5.41) is 10.2. The molecular formula is C14H20O3.